The van der Waals surface area contributed by atoms with Crippen LogP contribution in [0.2, 0.25) is 0 Å². The molecule has 0 bridgehead atoms. The zero-order valence-corrected chi connectivity index (χ0v) is 11.0. The van der Waals surface area contributed by atoms with E-state index in [0.717, 1.165) is 12.8 Å². The second-order valence-electron chi connectivity index (χ2n) is 4.72. The molecule has 0 radical (unpaired) electrons. The molecule has 1 heterocycles. The average molecular weight is 291 g/mol. The van der Waals surface area contributed by atoms with Gasteiger partial charge in [0.15, 0.2) is 11.5 Å². The fourth-order valence-electron chi connectivity index (χ4n) is 1.76. The predicted molar refractivity (Wildman–Crippen MR) is 69.3 cm³/mol. The Labute approximate surface area is 119 Å². The van der Waals surface area contributed by atoms with Crippen LogP contribution in [0.3, 0.4) is 0 Å². The largest absolute Gasteiger partial charge is 0.454 e. The molecule has 3 rings (SSSR count). The number of nitrogens with one attached hydrogen (secondary N) is 3. The highest BCUT2D eigenvalue weighted by atomic mass is 16.7. The molecule has 8 nitrogen and oxygen atoms in total. The molecule has 0 atom stereocenters. The molecule has 1 aromatic rings. The molecule has 110 valence electrons. The van der Waals surface area contributed by atoms with Gasteiger partial charge in [-0.1, -0.05) is 0 Å². The number of hydrogen-bond acceptors (Lipinski definition) is 5. The molecular weight excluding hydrogens is 278 g/mol. The van der Waals surface area contributed by atoms with Crippen LogP contribution in [-0.2, 0) is 9.59 Å². The van der Waals surface area contributed by atoms with E-state index >= 15 is 0 Å². The van der Waals surface area contributed by atoms with Crippen molar-refractivity contribution in [3.63, 3.8) is 0 Å². The Bertz CT molecular complexity index is 612. The van der Waals surface area contributed by atoms with Gasteiger partial charge >= 0.3 is 11.8 Å². The molecule has 3 amide bonds. The summed E-state index contributed by atoms with van der Waals surface area (Å²) < 4.78 is 10.3. The van der Waals surface area contributed by atoms with Gasteiger partial charge in [0.05, 0.1) is 0 Å². The molecular formula is C13H13N3O5. The van der Waals surface area contributed by atoms with Crippen molar-refractivity contribution in [1.82, 2.24) is 16.2 Å². The standard InChI is InChI=1S/C13H13N3O5/c17-11(7-1-4-9-10(5-7)21-6-20-9)15-16-13(19)12(18)14-8-2-3-8/h1,4-5,8H,2-3,6H2,(H,14,18)(H,15,17)(H,16,19). The zero-order chi connectivity index (χ0) is 14.8. The second-order valence-corrected chi connectivity index (χ2v) is 4.72. The Kier molecular flexibility index (Phi) is 3.35. The Morgan fingerprint density at radius 1 is 1.00 bits per heavy atom. The zero-order valence-electron chi connectivity index (χ0n) is 11.0. The van der Waals surface area contributed by atoms with Crippen molar-refractivity contribution in [1.29, 1.82) is 0 Å². The molecule has 0 spiro atoms. The molecule has 1 saturated carbocycles. The van der Waals surface area contributed by atoms with Crippen molar-refractivity contribution in [3.05, 3.63) is 23.8 Å². The summed E-state index contributed by atoms with van der Waals surface area (Å²) in [5, 5.41) is 2.51. The van der Waals surface area contributed by atoms with Crippen LogP contribution in [0.4, 0.5) is 0 Å². The molecule has 21 heavy (non-hydrogen) atoms. The molecule has 0 aromatic heterocycles. The van der Waals surface area contributed by atoms with E-state index in [9.17, 15) is 14.4 Å². The van der Waals surface area contributed by atoms with Crippen molar-refractivity contribution in [2.45, 2.75) is 18.9 Å². The first-order valence-corrected chi connectivity index (χ1v) is 6.44. The first kappa shape index (κ1) is 13.2. The lowest BCUT2D eigenvalue weighted by atomic mass is 10.2. The summed E-state index contributed by atoms with van der Waals surface area (Å²) in [5.41, 5.74) is 4.51. The molecule has 1 aliphatic carbocycles. The molecule has 1 aliphatic heterocycles. The lowest BCUT2D eigenvalue weighted by Crippen LogP contribution is -2.48. The van der Waals surface area contributed by atoms with Gasteiger partial charge in [-0.05, 0) is 31.0 Å². The van der Waals surface area contributed by atoms with Gasteiger partial charge in [-0.3, -0.25) is 25.2 Å². The van der Waals surface area contributed by atoms with Crippen LogP contribution in [0.1, 0.15) is 23.2 Å². The van der Waals surface area contributed by atoms with E-state index in [2.05, 4.69) is 16.2 Å². The summed E-state index contributed by atoms with van der Waals surface area (Å²) in [6.45, 7) is 0.110. The highest BCUT2D eigenvalue weighted by molar-refractivity contribution is 6.35. The first-order chi connectivity index (χ1) is 10.1. The maximum absolute atomic E-state index is 11.9. The normalized spacial score (nSPS) is 15.2. The van der Waals surface area contributed by atoms with E-state index in [1.807, 2.05) is 0 Å². The number of carbonyl (C=O) groups is 3. The second kappa shape index (κ2) is 5.31. The van der Waals surface area contributed by atoms with Gasteiger partial charge in [0.25, 0.3) is 5.91 Å². The third-order valence-electron chi connectivity index (χ3n) is 3.04. The van der Waals surface area contributed by atoms with E-state index in [1.54, 1.807) is 6.07 Å². The SMILES string of the molecule is O=C(NNC(=O)c1ccc2c(c1)OCO2)C(=O)NC1CC1. The lowest BCUT2D eigenvalue weighted by Gasteiger charge is -2.07. The summed E-state index contributed by atoms with van der Waals surface area (Å²) in [6.07, 6.45) is 1.76. The van der Waals surface area contributed by atoms with Crippen LogP contribution in [0, 0.1) is 0 Å². The monoisotopic (exact) mass is 291 g/mol. The number of hydrazine groups is 1. The van der Waals surface area contributed by atoms with Gasteiger partial charge in [-0.15, -0.1) is 0 Å². The van der Waals surface area contributed by atoms with E-state index in [0.29, 0.717) is 11.5 Å². The summed E-state index contributed by atoms with van der Waals surface area (Å²) >= 11 is 0. The molecule has 8 heteroatoms. The highest BCUT2D eigenvalue weighted by Crippen LogP contribution is 2.32. The van der Waals surface area contributed by atoms with Crippen LogP contribution in [0.5, 0.6) is 11.5 Å². The molecule has 0 unspecified atom stereocenters. The molecule has 0 saturated heterocycles. The predicted octanol–water partition coefficient (Wildman–Crippen LogP) is -0.545. The van der Waals surface area contributed by atoms with Crippen LogP contribution in [0.25, 0.3) is 0 Å². The summed E-state index contributed by atoms with van der Waals surface area (Å²) in [7, 11) is 0. The van der Waals surface area contributed by atoms with Gasteiger partial charge in [0.1, 0.15) is 0 Å². The maximum atomic E-state index is 11.9. The minimum Gasteiger partial charge on any atom is -0.454 e. The van der Waals surface area contributed by atoms with Gasteiger partial charge in [0, 0.05) is 11.6 Å². The number of carbonyl (C=O) groups excluding carboxylic acids is 3. The van der Waals surface area contributed by atoms with E-state index < -0.39 is 17.7 Å². The lowest BCUT2D eigenvalue weighted by molar-refractivity contribution is -0.139. The van der Waals surface area contributed by atoms with Crippen molar-refractivity contribution >= 4 is 17.7 Å². The third kappa shape index (κ3) is 3.04. The van der Waals surface area contributed by atoms with Gasteiger partial charge < -0.3 is 14.8 Å². The summed E-state index contributed by atoms with van der Waals surface area (Å²) in [4.78, 5) is 34.7. The Morgan fingerprint density at radius 2 is 1.76 bits per heavy atom. The molecule has 1 fully saturated rings. The first-order valence-electron chi connectivity index (χ1n) is 6.44. The van der Waals surface area contributed by atoms with E-state index in [-0.39, 0.29) is 18.4 Å². The van der Waals surface area contributed by atoms with E-state index in [4.69, 9.17) is 9.47 Å². The molecule has 2 aliphatic rings. The molecule has 3 N–H and O–H groups in total. The minimum absolute atomic E-state index is 0.0767. The summed E-state index contributed by atoms with van der Waals surface area (Å²) in [6, 6.07) is 4.69. The number of hydrogen-bond donors (Lipinski definition) is 3. The fourth-order valence-corrected chi connectivity index (χ4v) is 1.76. The highest BCUT2D eigenvalue weighted by Gasteiger charge is 2.26. The van der Waals surface area contributed by atoms with Crippen LogP contribution >= 0.6 is 0 Å². The molecule has 1 aromatic carbocycles. The van der Waals surface area contributed by atoms with Crippen LogP contribution in [-0.4, -0.2) is 30.6 Å². The third-order valence-corrected chi connectivity index (χ3v) is 3.04. The summed E-state index contributed by atoms with van der Waals surface area (Å²) in [5.74, 6) is -1.21. The van der Waals surface area contributed by atoms with Crippen LogP contribution in [0.15, 0.2) is 18.2 Å². The quantitative estimate of drug-likeness (QED) is 0.501. The Morgan fingerprint density at radius 3 is 2.52 bits per heavy atom. The number of ether oxygens (including phenoxy) is 2. The minimum atomic E-state index is -0.906. The smallest absolute Gasteiger partial charge is 0.327 e. The number of rotatable bonds is 2. The van der Waals surface area contributed by atoms with Gasteiger partial charge in [0.2, 0.25) is 6.79 Å². The van der Waals surface area contributed by atoms with Crippen molar-refractivity contribution in [3.8, 4) is 11.5 Å². The fraction of sp³-hybridized carbons (Fsp3) is 0.308. The topological polar surface area (TPSA) is 106 Å². The van der Waals surface area contributed by atoms with Crippen molar-refractivity contribution in [2.24, 2.45) is 0 Å². The number of fused-ring (bicyclic) bond motifs is 1. The average Bonchev–Trinajstić information content (AvgIpc) is 3.17. The number of amides is 3. The van der Waals surface area contributed by atoms with Gasteiger partial charge in [-0.25, -0.2) is 0 Å². The Balaban J connectivity index is 1.53. The number of benzene rings is 1. The van der Waals surface area contributed by atoms with Crippen molar-refractivity contribution < 1.29 is 23.9 Å². The Hall–Kier alpha value is -2.77. The van der Waals surface area contributed by atoms with Crippen LogP contribution < -0.4 is 25.6 Å². The van der Waals surface area contributed by atoms with Gasteiger partial charge in [-0.2, -0.15) is 0 Å². The van der Waals surface area contributed by atoms with Crippen molar-refractivity contribution in [2.75, 3.05) is 6.79 Å². The maximum Gasteiger partial charge on any atom is 0.327 e. The van der Waals surface area contributed by atoms with E-state index in [1.165, 1.54) is 12.1 Å².